The van der Waals surface area contributed by atoms with Gasteiger partial charge in [-0.15, -0.1) is 0 Å². The number of halogens is 1. The van der Waals surface area contributed by atoms with E-state index in [-0.39, 0.29) is 17.2 Å². The van der Waals surface area contributed by atoms with Gasteiger partial charge in [0.25, 0.3) is 0 Å². The average molecular weight is 306 g/mol. The van der Waals surface area contributed by atoms with Crippen molar-refractivity contribution in [2.24, 2.45) is 0 Å². The van der Waals surface area contributed by atoms with Gasteiger partial charge in [0.15, 0.2) is 9.84 Å². The molecule has 1 aliphatic rings. The summed E-state index contributed by atoms with van der Waals surface area (Å²) in [5.74, 6) is 0. The number of sulfone groups is 1. The topological polar surface area (TPSA) is 69.4 Å². The molecule has 6 heteroatoms. The summed E-state index contributed by atoms with van der Waals surface area (Å²) in [5.41, 5.74) is 6.00. The van der Waals surface area contributed by atoms with Crippen molar-refractivity contribution in [2.45, 2.75) is 16.6 Å². The lowest BCUT2D eigenvalue weighted by molar-refractivity contribution is 0.198. The minimum atomic E-state index is -3.36. The lowest BCUT2D eigenvalue weighted by atomic mass is 10.3. The van der Waals surface area contributed by atoms with Crippen molar-refractivity contribution < 1.29 is 13.2 Å². The van der Waals surface area contributed by atoms with Crippen molar-refractivity contribution in [3.8, 4) is 0 Å². The van der Waals surface area contributed by atoms with Crippen LogP contribution in [0.1, 0.15) is 6.42 Å². The van der Waals surface area contributed by atoms with Crippen molar-refractivity contribution >= 4 is 31.5 Å². The molecule has 88 valence electrons. The molecule has 1 aliphatic heterocycles. The zero-order valence-corrected chi connectivity index (χ0v) is 10.9. The van der Waals surface area contributed by atoms with E-state index in [1.54, 1.807) is 12.1 Å². The van der Waals surface area contributed by atoms with Crippen molar-refractivity contribution in [1.29, 1.82) is 0 Å². The van der Waals surface area contributed by atoms with Crippen LogP contribution in [0.25, 0.3) is 0 Å². The Morgan fingerprint density at radius 2 is 2.19 bits per heavy atom. The van der Waals surface area contributed by atoms with Crippen molar-refractivity contribution in [1.82, 2.24) is 0 Å². The molecular formula is C10H12BrNO3S. The molecule has 2 N–H and O–H groups in total. The predicted molar refractivity (Wildman–Crippen MR) is 65.0 cm³/mol. The molecule has 4 nitrogen and oxygen atoms in total. The molecule has 0 radical (unpaired) electrons. The van der Waals surface area contributed by atoms with Gasteiger partial charge in [0, 0.05) is 11.1 Å². The Balaban J connectivity index is 2.42. The Labute approximate surface area is 103 Å². The summed E-state index contributed by atoms with van der Waals surface area (Å²) in [6.07, 6.45) is 0.540. The maximum Gasteiger partial charge on any atom is 0.185 e. The quantitative estimate of drug-likeness (QED) is 0.843. The molecule has 2 rings (SSSR count). The first-order chi connectivity index (χ1) is 7.51. The van der Waals surface area contributed by atoms with E-state index in [0.717, 1.165) is 4.47 Å². The van der Waals surface area contributed by atoms with Gasteiger partial charge in [0.1, 0.15) is 0 Å². The summed E-state index contributed by atoms with van der Waals surface area (Å²) >= 11 is 3.25. The molecule has 1 heterocycles. The Kier molecular flexibility index (Phi) is 3.23. The van der Waals surface area contributed by atoms with Crippen molar-refractivity contribution in [3.05, 3.63) is 22.7 Å². The van der Waals surface area contributed by atoms with Crippen LogP contribution < -0.4 is 5.73 Å². The number of hydrogen-bond donors (Lipinski definition) is 1. The van der Waals surface area contributed by atoms with Gasteiger partial charge in [-0.1, -0.05) is 15.9 Å². The lowest BCUT2D eigenvalue weighted by Crippen LogP contribution is -2.22. The Morgan fingerprint density at radius 1 is 1.44 bits per heavy atom. The second-order valence-electron chi connectivity index (χ2n) is 3.71. The van der Waals surface area contributed by atoms with Gasteiger partial charge in [-0.2, -0.15) is 0 Å². The fourth-order valence-electron chi connectivity index (χ4n) is 1.72. The molecule has 16 heavy (non-hydrogen) atoms. The third-order valence-electron chi connectivity index (χ3n) is 2.61. The largest absolute Gasteiger partial charge is 0.398 e. The van der Waals surface area contributed by atoms with Crippen LogP contribution in [0.2, 0.25) is 0 Å². The number of nitrogens with two attached hydrogens (primary N) is 1. The number of rotatable bonds is 2. The molecule has 0 aromatic heterocycles. The molecule has 0 spiro atoms. The molecule has 1 unspecified atom stereocenters. The van der Waals surface area contributed by atoms with E-state index in [1.165, 1.54) is 6.07 Å². The third kappa shape index (κ3) is 2.09. The molecular weight excluding hydrogens is 294 g/mol. The number of benzene rings is 1. The van der Waals surface area contributed by atoms with Crippen LogP contribution in [0.5, 0.6) is 0 Å². The summed E-state index contributed by atoms with van der Waals surface area (Å²) in [6.45, 7) is 0.762. The number of hydrogen-bond acceptors (Lipinski definition) is 4. The van der Waals surface area contributed by atoms with Gasteiger partial charge in [-0.05, 0) is 24.6 Å². The van der Waals surface area contributed by atoms with E-state index in [9.17, 15) is 8.42 Å². The van der Waals surface area contributed by atoms with E-state index < -0.39 is 15.1 Å². The smallest absolute Gasteiger partial charge is 0.185 e. The number of anilines is 1. The van der Waals surface area contributed by atoms with Crippen LogP contribution in [0.3, 0.4) is 0 Å². The van der Waals surface area contributed by atoms with Crippen molar-refractivity contribution in [3.63, 3.8) is 0 Å². The van der Waals surface area contributed by atoms with Gasteiger partial charge in [0.2, 0.25) is 0 Å². The Morgan fingerprint density at radius 3 is 2.75 bits per heavy atom. The monoisotopic (exact) mass is 305 g/mol. The second-order valence-corrected chi connectivity index (χ2v) is 6.82. The highest BCUT2D eigenvalue weighted by Crippen LogP contribution is 2.28. The third-order valence-corrected chi connectivity index (χ3v) is 5.33. The zero-order valence-electron chi connectivity index (χ0n) is 8.52. The predicted octanol–water partition coefficient (Wildman–Crippen LogP) is 1.59. The minimum absolute atomic E-state index is 0.200. The normalized spacial score (nSPS) is 21.2. The summed E-state index contributed by atoms with van der Waals surface area (Å²) in [5, 5.41) is -0.462. The van der Waals surface area contributed by atoms with E-state index >= 15 is 0 Å². The molecule has 1 saturated heterocycles. The van der Waals surface area contributed by atoms with E-state index in [1.807, 2.05) is 0 Å². The van der Waals surface area contributed by atoms with Crippen molar-refractivity contribution in [2.75, 3.05) is 18.9 Å². The first-order valence-electron chi connectivity index (χ1n) is 4.88. The van der Waals surface area contributed by atoms with Crippen LogP contribution in [0.4, 0.5) is 5.69 Å². The van der Waals surface area contributed by atoms with Crippen LogP contribution in [-0.2, 0) is 14.6 Å². The fraction of sp³-hybridized carbons (Fsp3) is 0.400. The first kappa shape index (κ1) is 11.9. The second kappa shape index (κ2) is 4.35. The highest BCUT2D eigenvalue weighted by atomic mass is 79.9. The molecule has 1 fully saturated rings. The fourth-order valence-corrected chi connectivity index (χ4v) is 3.78. The number of ether oxygens (including phenoxy) is 1. The SMILES string of the molecule is Nc1cc(Br)ccc1S(=O)(=O)C1CCOC1. The summed E-state index contributed by atoms with van der Waals surface area (Å²) in [7, 11) is -3.36. The van der Waals surface area contributed by atoms with Gasteiger partial charge in [0.05, 0.1) is 22.4 Å². The standard InChI is InChI=1S/C10H12BrNO3S/c11-7-1-2-10(9(12)5-7)16(13,14)8-3-4-15-6-8/h1-2,5,8H,3-4,6,12H2. The van der Waals surface area contributed by atoms with Gasteiger partial charge >= 0.3 is 0 Å². The maximum absolute atomic E-state index is 12.2. The van der Waals surface area contributed by atoms with Crippen LogP contribution in [0.15, 0.2) is 27.6 Å². The van der Waals surface area contributed by atoms with E-state index in [0.29, 0.717) is 13.0 Å². The van der Waals surface area contributed by atoms with Gasteiger partial charge in [-0.3, -0.25) is 0 Å². The lowest BCUT2D eigenvalue weighted by Gasteiger charge is -2.12. The highest BCUT2D eigenvalue weighted by Gasteiger charge is 2.32. The molecule has 1 atom stereocenters. The van der Waals surface area contributed by atoms with Crippen LogP contribution in [-0.4, -0.2) is 26.9 Å². The average Bonchev–Trinajstić information content (AvgIpc) is 2.69. The van der Waals surface area contributed by atoms with E-state index in [2.05, 4.69) is 15.9 Å². The van der Waals surface area contributed by atoms with Crippen LogP contribution in [0, 0.1) is 0 Å². The van der Waals surface area contributed by atoms with Crippen LogP contribution >= 0.6 is 15.9 Å². The number of nitrogen functional groups attached to an aromatic ring is 1. The molecule has 1 aromatic carbocycles. The Hall–Kier alpha value is -0.590. The van der Waals surface area contributed by atoms with Gasteiger partial charge in [-0.25, -0.2) is 8.42 Å². The van der Waals surface area contributed by atoms with Gasteiger partial charge < -0.3 is 10.5 Å². The Bertz CT molecular complexity index is 495. The molecule has 0 amide bonds. The molecule has 0 saturated carbocycles. The molecule has 0 bridgehead atoms. The summed E-state index contributed by atoms with van der Waals surface area (Å²) in [6, 6.07) is 4.81. The molecule has 0 aliphatic carbocycles. The summed E-state index contributed by atoms with van der Waals surface area (Å²) in [4.78, 5) is 0.200. The summed E-state index contributed by atoms with van der Waals surface area (Å²) < 4.78 is 30.3. The zero-order chi connectivity index (χ0) is 11.8. The van der Waals surface area contributed by atoms with E-state index in [4.69, 9.17) is 10.5 Å². The minimum Gasteiger partial charge on any atom is -0.398 e. The first-order valence-corrected chi connectivity index (χ1v) is 7.22. The highest BCUT2D eigenvalue weighted by molar-refractivity contribution is 9.10. The molecule has 1 aromatic rings. The maximum atomic E-state index is 12.2.